The predicted molar refractivity (Wildman–Crippen MR) is 67.8 cm³/mol. The molecule has 2 rings (SSSR count). The standard InChI is InChI=1S/C12H10N6/c1-2-12-15-10-4-3-8(5-11(10)16-12)17-18-9(6-13)7-14/h3-5,17H,2H2,1H3,(H,15,16). The number of benzene rings is 1. The fourth-order valence-electron chi connectivity index (χ4n) is 1.49. The Kier molecular flexibility index (Phi) is 3.22. The molecule has 1 aromatic heterocycles. The van der Waals surface area contributed by atoms with Gasteiger partial charge < -0.3 is 4.98 Å². The number of H-pyrrole nitrogens is 1. The zero-order valence-corrected chi connectivity index (χ0v) is 9.73. The molecule has 2 N–H and O–H groups in total. The molecule has 0 saturated carbocycles. The normalized spacial score (nSPS) is 9.50. The molecular weight excluding hydrogens is 228 g/mol. The number of anilines is 1. The summed E-state index contributed by atoms with van der Waals surface area (Å²) >= 11 is 0. The number of hydrogen-bond donors (Lipinski definition) is 2. The van der Waals surface area contributed by atoms with Crippen molar-refractivity contribution in [2.45, 2.75) is 13.3 Å². The second-order valence-corrected chi connectivity index (χ2v) is 3.56. The number of hydrogen-bond acceptors (Lipinski definition) is 5. The van der Waals surface area contributed by atoms with Gasteiger partial charge in [-0.15, -0.1) is 0 Å². The smallest absolute Gasteiger partial charge is 0.237 e. The highest BCUT2D eigenvalue weighted by atomic mass is 15.3. The molecule has 0 aliphatic heterocycles. The van der Waals surface area contributed by atoms with Crippen molar-refractivity contribution in [3.05, 3.63) is 24.0 Å². The maximum absolute atomic E-state index is 8.55. The van der Waals surface area contributed by atoms with Crippen LogP contribution in [0.1, 0.15) is 12.7 Å². The Morgan fingerprint density at radius 3 is 2.89 bits per heavy atom. The highest BCUT2D eigenvalue weighted by Gasteiger charge is 2.02. The van der Waals surface area contributed by atoms with Crippen LogP contribution in [0, 0.1) is 22.7 Å². The summed E-state index contributed by atoms with van der Waals surface area (Å²) in [5, 5.41) is 20.8. The van der Waals surface area contributed by atoms with Crippen molar-refractivity contribution in [3.8, 4) is 12.1 Å². The van der Waals surface area contributed by atoms with Gasteiger partial charge in [0.25, 0.3) is 0 Å². The van der Waals surface area contributed by atoms with Gasteiger partial charge in [0.2, 0.25) is 5.71 Å². The average Bonchev–Trinajstić information content (AvgIpc) is 2.82. The molecule has 88 valence electrons. The maximum Gasteiger partial charge on any atom is 0.237 e. The lowest BCUT2D eigenvalue weighted by atomic mass is 10.3. The van der Waals surface area contributed by atoms with E-state index in [1.165, 1.54) is 0 Å². The Bertz CT molecular complexity index is 667. The third kappa shape index (κ3) is 2.28. The summed E-state index contributed by atoms with van der Waals surface area (Å²) in [6.07, 6.45) is 0.836. The Hall–Kier alpha value is -2.86. The molecule has 0 spiro atoms. The molecule has 0 radical (unpaired) electrons. The van der Waals surface area contributed by atoms with Crippen molar-refractivity contribution in [2.24, 2.45) is 5.10 Å². The number of aromatic nitrogens is 2. The Labute approximate surface area is 104 Å². The molecular formula is C12H10N6. The van der Waals surface area contributed by atoms with E-state index in [4.69, 9.17) is 10.5 Å². The molecule has 1 aromatic carbocycles. The summed E-state index contributed by atoms with van der Waals surface area (Å²) in [6, 6.07) is 8.83. The quantitative estimate of drug-likeness (QED) is 0.630. The maximum atomic E-state index is 8.55. The fourth-order valence-corrected chi connectivity index (χ4v) is 1.49. The van der Waals surface area contributed by atoms with Crippen LogP contribution in [0.2, 0.25) is 0 Å². The number of imidazole rings is 1. The molecule has 1 heterocycles. The third-order valence-electron chi connectivity index (χ3n) is 2.37. The molecule has 18 heavy (non-hydrogen) atoms. The first-order valence-corrected chi connectivity index (χ1v) is 5.39. The number of aromatic amines is 1. The molecule has 0 unspecified atom stereocenters. The van der Waals surface area contributed by atoms with Gasteiger partial charge in [0.05, 0.1) is 16.7 Å². The van der Waals surface area contributed by atoms with Crippen LogP contribution in [0.5, 0.6) is 0 Å². The predicted octanol–water partition coefficient (Wildman–Crippen LogP) is 1.94. The van der Waals surface area contributed by atoms with Gasteiger partial charge in [-0.2, -0.15) is 15.6 Å². The van der Waals surface area contributed by atoms with Gasteiger partial charge in [-0.05, 0) is 18.2 Å². The minimum absolute atomic E-state index is 0.214. The van der Waals surface area contributed by atoms with Gasteiger partial charge in [0.1, 0.15) is 18.0 Å². The topological polar surface area (TPSA) is 101 Å². The molecule has 0 bridgehead atoms. The zero-order chi connectivity index (χ0) is 13.0. The van der Waals surface area contributed by atoms with Crippen LogP contribution in [-0.4, -0.2) is 15.7 Å². The number of nitrogens with zero attached hydrogens (tertiary/aromatic N) is 4. The van der Waals surface area contributed by atoms with Crippen molar-refractivity contribution in [2.75, 3.05) is 5.43 Å². The van der Waals surface area contributed by atoms with Gasteiger partial charge in [-0.1, -0.05) is 6.92 Å². The first-order valence-electron chi connectivity index (χ1n) is 5.39. The second kappa shape index (κ2) is 4.98. The van der Waals surface area contributed by atoms with E-state index in [1.807, 2.05) is 19.1 Å². The van der Waals surface area contributed by atoms with E-state index in [9.17, 15) is 0 Å². The first-order chi connectivity index (χ1) is 8.76. The summed E-state index contributed by atoms with van der Waals surface area (Å²) in [5.74, 6) is 0.917. The summed E-state index contributed by atoms with van der Waals surface area (Å²) in [6.45, 7) is 2.02. The lowest BCUT2D eigenvalue weighted by Gasteiger charge is -1.98. The van der Waals surface area contributed by atoms with Crippen molar-refractivity contribution in [1.29, 1.82) is 10.5 Å². The Balaban J connectivity index is 2.28. The van der Waals surface area contributed by atoms with Crippen LogP contribution < -0.4 is 5.43 Å². The van der Waals surface area contributed by atoms with E-state index in [2.05, 4.69) is 20.5 Å². The molecule has 0 amide bonds. The highest BCUT2D eigenvalue weighted by Crippen LogP contribution is 2.17. The SMILES string of the molecule is CCc1nc2ccc(NN=C(C#N)C#N)cc2[nH]1. The number of hydrazone groups is 1. The number of nitriles is 2. The molecule has 0 aliphatic rings. The largest absolute Gasteiger partial charge is 0.342 e. The van der Waals surface area contributed by atoms with Crippen LogP contribution in [0.4, 0.5) is 5.69 Å². The van der Waals surface area contributed by atoms with Gasteiger partial charge in [0.15, 0.2) is 0 Å². The van der Waals surface area contributed by atoms with Gasteiger partial charge in [-0.3, -0.25) is 5.43 Å². The molecule has 6 heteroatoms. The van der Waals surface area contributed by atoms with E-state index in [0.717, 1.165) is 23.3 Å². The zero-order valence-electron chi connectivity index (χ0n) is 9.73. The summed E-state index contributed by atoms with van der Waals surface area (Å²) in [4.78, 5) is 7.55. The minimum Gasteiger partial charge on any atom is -0.342 e. The molecule has 0 saturated heterocycles. The van der Waals surface area contributed by atoms with Gasteiger partial charge >= 0.3 is 0 Å². The summed E-state index contributed by atoms with van der Waals surface area (Å²) in [5.41, 5.74) is 4.91. The highest BCUT2D eigenvalue weighted by molar-refractivity contribution is 6.10. The number of aryl methyl sites for hydroxylation is 1. The second-order valence-electron chi connectivity index (χ2n) is 3.56. The van der Waals surface area contributed by atoms with E-state index >= 15 is 0 Å². The lowest BCUT2D eigenvalue weighted by Crippen LogP contribution is -1.96. The number of nitrogens with one attached hydrogen (secondary N) is 2. The van der Waals surface area contributed by atoms with Gasteiger partial charge in [0, 0.05) is 6.42 Å². The van der Waals surface area contributed by atoms with Crippen LogP contribution in [0.15, 0.2) is 23.3 Å². The number of fused-ring (bicyclic) bond motifs is 1. The number of rotatable bonds is 3. The van der Waals surface area contributed by atoms with E-state index in [1.54, 1.807) is 18.2 Å². The van der Waals surface area contributed by atoms with Crippen molar-refractivity contribution >= 4 is 22.4 Å². The first kappa shape index (κ1) is 11.6. The Morgan fingerprint density at radius 1 is 1.44 bits per heavy atom. The molecule has 2 aromatic rings. The van der Waals surface area contributed by atoms with Crippen molar-refractivity contribution in [1.82, 2.24) is 9.97 Å². The van der Waals surface area contributed by atoms with E-state index < -0.39 is 0 Å². The average molecular weight is 238 g/mol. The summed E-state index contributed by atoms with van der Waals surface area (Å²) in [7, 11) is 0. The Morgan fingerprint density at radius 2 is 2.22 bits per heavy atom. The molecule has 0 fully saturated rings. The van der Waals surface area contributed by atoms with Crippen LogP contribution in [-0.2, 0) is 6.42 Å². The molecule has 6 nitrogen and oxygen atoms in total. The van der Waals surface area contributed by atoms with Crippen molar-refractivity contribution in [3.63, 3.8) is 0 Å². The minimum atomic E-state index is -0.214. The third-order valence-corrected chi connectivity index (χ3v) is 2.37. The van der Waals surface area contributed by atoms with Crippen LogP contribution in [0.3, 0.4) is 0 Å². The summed E-state index contributed by atoms with van der Waals surface area (Å²) < 4.78 is 0. The molecule has 0 atom stereocenters. The lowest BCUT2D eigenvalue weighted by molar-refractivity contribution is 1.00. The van der Waals surface area contributed by atoms with Crippen LogP contribution >= 0.6 is 0 Å². The molecule has 0 aliphatic carbocycles. The van der Waals surface area contributed by atoms with E-state index in [-0.39, 0.29) is 5.71 Å². The van der Waals surface area contributed by atoms with Crippen molar-refractivity contribution < 1.29 is 0 Å². The van der Waals surface area contributed by atoms with Crippen LogP contribution in [0.25, 0.3) is 11.0 Å². The fraction of sp³-hybridized carbons (Fsp3) is 0.167. The van der Waals surface area contributed by atoms with E-state index in [0.29, 0.717) is 5.69 Å². The van der Waals surface area contributed by atoms with Gasteiger partial charge in [-0.25, -0.2) is 4.98 Å². The monoisotopic (exact) mass is 238 g/mol.